The predicted octanol–water partition coefficient (Wildman–Crippen LogP) is 1.91. The molecule has 0 fully saturated rings. The first-order valence-electron chi connectivity index (χ1n) is 8.75. The summed E-state index contributed by atoms with van der Waals surface area (Å²) in [5.74, 6) is 0.404. The van der Waals surface area contributed by atoms with Crippen LogP contribution in [-0.4, -0.2) is 24.9 Å². The summed E-state index contributed by atoms with van der Waals surface area (Å²) in [6.07, 6.45) is 6.72. The van der Waals surface area contributed by atoms with Crippen molar-refractivity contribution >= 4 is 22.4 Å². The van der Waals surface area contributed by atoms with Gasteiger partial charge in [0.25, 0.3) is 15.6 Å². The highest BCUT2D eigenvalue weighted by atomic mass is 35.5. The number of aromatic amines is 2. The molecular formula is C18H24ClN4O4S+. The molecule has 0 radical (unpaired) electrons. The van der Waals surface area contributed by atoms with E-state index in [-0.39, 0.29) is 23.1 Å². The third-order valence-corrected chi connectivity index (χ3v) is 5.63. The number of furan rings is 1. The summed E-state index contributed by atoms with van der Waals surface area (Å²) in [5.41, 5.74) is 1.79. The van der Waals surface area contributed by atoms with E-state index in [2.05, 4.69) is 14.7 Å². The Balaban J connectivity index is 0.00000280. The van der Waals surface area contributed by atoms with Gasteiger partial charge < -0.3 is 9.40 Å². The Labute approximate surface area is 169 Å². The Hall–Kier alpha value is -2.36. The van der Waals surface area contributed by atoms with Crippen LogP contribution in [0.1, 0.15) is 24.6 Å². The molecule has 3 rings (SSSR count). The van der Waals surface area contributed by atoms with E-state index in [0.29, 0.717) is 48.5 Å². The molecule has 3 aromatic rings. The van der Waals surface area contributed by atoms with Crippen molar-refractivity contribution in [3.63, 3.8) is 0 Å². The van der Waals surface area contributed by atoms with Gasteiger partial charge in [-0.1, -0.05) is 6.92 Å². The van der Waals surface area contributed by atoms with E-state index in [1.165, 1.54) is 6.07 Å². The molecule has 0 spiro atoms. The van der Waals surface area contributed by atoms with Crippen LogP contribution in [0.4, 0.5) is 0 Å². The quantitative estimate of drug-likeness (QED) is 0.376. The number of sulfonamides is 1. The van der Waals surface area contributed by atoms with Gasteiger partial charge in [-0.2, -0.15) is 0 Å². The normalized spacial score (nSPS) is 11.4. The maximum absolute atomic E-state index is 12.4. The summed E-state index contributed by atoms with van der Waals surface area (Å²) < 4.78 is 34.9. The van der Waals surface area contributed by atoms with Crippen molar-refractivity contribution < 1.29 is 17.4 Å². The van der Waals surface area contributed by atoms with Gasteiger partial charge in [-0.25, -0.2) is 17.7 Å². The highest BCUT2D eigenvalue weighted by molar-refractivity contribution is 7.89. The van der Waals surface area contributed by atoms with Gasteiger partial charge in [0.05, 0.1) is 6.54 Å². The van der Waals surface area contributed by atoms with Gasteiger partial charge >= 0.3 is 0 Å². The molecule has 0 amide bonds. The highest BCUT2D eigenvalue weighted by Crippen LogP contribution is 2.26. The number of aryl methyl sites for hydroxylation is 3. The topological polar surface area (TPSA) is 112 Å². The van der Waals surface area contributed by atoms with Crippen molar-refractivity contribution in [1.29, 1.82) is 0 Å². The first-order valence-corrected chi connectivity index (χ1v) is 10.2. The third-order valence-electron chi connectivity index (χ3n) is 4.30. The number of H-pyrrole nitrogens is 2. The van der Waals surface area contributed by atoms with Gasteiger partial charge in [-0.3, -0.25) is 9.78 Å². The minimum atomic E-state index is -3.73. The van der Waals surface area contributed by atoms with E-state index >= 15 is 0 Å². The van der Waals surface area contributed by atoms with Crippen molar-refractivity contribution in [1.82, 2.24) is 14.7 Å². The first-order chi connectivity index (χ1) is 12.9. The number of rotatable bonds is 8. The molecule has 0 atom stereocenters. The number of pyridine rings is 1. The van der Waals surface area contributed by atoms with E-state index in [9.17, 15) is 13.2 Å². The molecule has 0 aromatic carbocycles. The number of aromatic nitrogens is 3. The Morgan fingerprint density at radius 3 is 2.75 bits per heavy atom. The van der Waals surface area contributed by atoms with E-state index in [1.54, 1.807) is 25.3 Å². The monoisotopic (exact) mass is 427 g/mol. The van der Waals surface area contributed by atoms with Crippen LogP contribution in [0.25, 0.3) is 11.3 Å². The van der Waals surface area contributed by atoms with Crippen LogP contribution in [0.15, 0.2) is 51.2 Å². The van der Waals surface area contributed by atoms with Gasteiger partial charge in [-0.05, 0) is 38.0 Å². The van der Waals surface area contributed by atoms with Crippen LogP contribution in [0.2, 0.25) is 0 Å². The molecule has 152 valence electrons. The molecule has 0 aliphatic rings. The largest absolute Gasteiger partial charge is 0.443 e. The Morgan fingerprint density at radius 1 is 1.29 bits per heavy atom. The predicted molar refractivity (Wildman–Crippen MR) is 107 cm³/mol. The molecule has 8 nitrogen and oxygen atoms in total. The molecule has 10 heteroatoms. The van der Waals surface area contributed by atoms with Crippen LogP contribution in [0.5, 0.6) is 0 Å². The standard InChI is InChI=1S/C18H22N4O4S.ClH/c1-3-14-11-15(13(2)21-18(14)23)16-5-6-17(26-16)27(24,25)20-7-4-9-22-10-8-19-12-22;/h5-6,8,10-12,20H,3-4,7,9H2,1-2H3,(H,21,23);1H/p+1. The first kappa shape index (κ1) is 21.9. The van der Waals surface area contributed by atoms with Crippen molar-refractivity contribution in [2.45, 2.75) is 38.3 Å². The summed E-state index contributed by atoms with van der Waals surface area (Å²) in [5, 5.41) is -0.143. The van der Waals surface area contributed by atoms with Crippen LogP contribution < -0.4 is 14.8 Å². The molecule has 0 unspecified atom stereocenters. The number of halogens is 1. The van der Waals surface area contributed by atoms with Gasteiger partial charge in [0, 0.05) is 23.4 Å². The number of imidazole rings is 1. The zero-order valence-electron chi connectivity index (χ0n) is 15.7. The minimum Gasteiger partial charge on any atom is -0.443 e. The third kappa shape index (κ3) is 4.92. The molecule has 3 heterocycles. The van der Waals surface area contributed by atoms with Crippen LogP contribution in [0.3, 0.4) is 0 Å². The fourth-order valence-electron chi connectivity index (χ4n) is 2.79. The van der Waals surface area contributed by atoms with Crippen molar-refractivity contribution in [3.05, 3.63) is 58.5 Å². The molecule has 0 bridgehead atoms. The molecule has 28 heavy (non-hydrogen) atoms. The van der Waals surface area contributed by atoms with E-state index in [0.717, 1.165) is 0 Å². The number of hydrogen-bond donors (Lipinski definition) is 3. The van der Waals surface area contributed by atoms with Gasteiger partial charge in [-0.15, -0.1) is 12.4 Å². The molecule has 0 saturated carbocycles. The van der Waals surface area contributed by atoms with E-state index < -0.39 is 10.0 Å². The summed E-state index contributed by atoms with van der Waals surface area (Å²) >= 11 is 0. The maximum atomic E-state index is 12.4. The zero-order valence-corrected chi connectivity index (χ0v) is 17.3. The van der Waals surface area contributed by atoms with Gasteiger partial charge in [0.1, 0.15) is 18.2 Å². The molecule has 0 aliphatic heterocycles. The van der Waals surface area contributed by atoms with Gasteiger partial charge in [0.2, 0.25) is 11.4 Å². The van der Waals surface area contributed by atoms with Crippen molar-refractivity contribution in [2.75, 3.05) is 6.54 Å². The summed E-state index contributed by atoms with van der Waals surface area (Å²) in [7, 11) is -3.73. The average molecular weight is 428 g/mol. The van der Waals surface area contributed by atoms with Crippen molar-refractivity contribution in [3.8, 4) is 11.3 Å². The lowest BCUT2D eigenvalue weighted by Gasteiger charge is -2.06. The molecular weight excluding hydrogens is 404 g/mol. The molecule has 0 aliphatic carbocycles. The van der Waals surface area contributed by atoms with Gasteiger partial charge in [0.15, 0.2) is 0 Å². The van der Waals surface area contributed by atoms with Crippen LogP contribution >= 0.6 is 12.4 Å². The summed E-state index contributed by atoms with van der Waals surface area (Å²) in [6.45, 7) is 4.64. The second-order valence-electron chi connectivity index (χ2n) is 6.24. The SMILES string of the molecule is CCc1cc(-c2ccc(S(=O)(=O)NCCC[n+]3cc[nH]c3)o2)c(C)[nH]c1=O.Cl. The van der Waals surface area contributed by atoms with Crippen molar-refractivity contribution in [2.24, 2.45) is 0 Å². The fourth-order valence-corrected chi connectivity index (χ4v) is 3.79. The summed E-state index contributed by atoms with van der Waals surface area (Å²) in [4.78, 5) is 17.6. The van der Waals surface area contributed by atoms with Crippen LogP contribution in [0, 0.1) is 6.92 Å². The lowest BCUT2D eigenvalue weighted by Crippen LogP contribution is -2.33. The number of hydrogen-bond acceptors (Lipinski definition) is 4. The Morgan fingerprint density at radius 2 is 2.07 bits per heavy atom. The van der Waals surface area contributed by atoms with E-state index in [4.69, 9.17) is 4.42 Å². The van der Waals surface area contributed by atoms with Crippen LogP contribution in [-0.2, 0) is 23.0 Å². The lowest BCUT2D eigenvalue weighted by atomic mass is 10.1. The number of nitrogens with zero attached hydrogens (tertiary/aromatic N) is 1. The highest BCUT2D eigenvalue weighted by Gasteiger charge is 2.20. The maximum Gasteiger partial charge on any atom is 0.273 e. The Bertz CT molecular complexity index is 1070. The summed E-state index contributed by atoms with van der Waals surface area (Å²) in [6, 6.07) is 4.77. The number of nitrogens with one attached hydrogen (secondary N) is 3. The minimum absolute atomic E-state index is 0. The van der Waals surface area contributed by atoms with E-state index in [1.807, 2.05) is 24.0 Å². The second-order valence-corrected chi connectivity index (χ2v) is 7.93. The average Bonchev–Trinajstić information content (AvgIpc) is 3.31. The smallest absolute Gasteiger partial charge is 0.273 e. The molecule has 3 N–H and O–H groups in total. The fraction of sp³-hybridized carbons (Fsp3) is 0.333. The Kier molecular flexibility index (Phi) is 7.22. The molecule has 0 saturated heterocycles. The zero-order chi connectivity index (χ0) is 19.4. The lowest BCUT2D eigenvalue weighted by molar-refractivity contribution is -0.695. The second kappa shape index (κ2) is 9.22. The molecule has 3 aromatic heterocycles.